The summed E-state index contributed by atoms with van der Waals surface area (Å²) in [7, 11) is -4.12. The highest BCUT2D eigenvalue weighted by atomic mass is 35.5. The van der Waals surface area contributed by atoms with Crippen LogP contribution in [0.5, 0.6) is 5.75 Å². The Morgan fingerprint density at radius 1 is 1.25 bits per heavy atom. The molecule has 1 amide bonds. The number of para-hydroxylation sites is 1. The predicted octanol–water partition coefficient (Wildman–Crippen LogP) is 2.78. The molecule has 172 valence electrons. The van der Waals surface area contributed by atoms with Gasteiger partial charge in [-0.2, -0.15) is 13.2 Å². The molecule has 9 nitrogen and oxygen atoms in total. The number of primary sulfonamides is 1. The number of carbonyl (C=O) groups excluding carboxylic acids is 1. The molecule has 0 saturated carbocycles. The Labute approximate surface area is 185 Å². The number of phenols is 1. The number of aliphatic imine (C=N–C) groups is 1. The van der Waals surface area contributed by atoms with Gasteiger partial charge in [0.1, 0.15) is 11.4 Å². The average Bonchev–Trinajstić information content (AvgIpc) is 2.67. The summed E-state index contributed by atoms with van der Waals surface area (Å²) >= 11 is 5.93. The van der Waals surface area contributed by atoms with Crippen molar-refractivity contribution in [1.29, 1.82) is 0 Å². The van der Waals surface area contributed by atoms with Gasteiger partial charge in [-0.15, -0.1) is 0 Å². The monoisotopic (exact) mass is 492 g/mol. The van der Waals surface area contributed by atoms with Gasteiger partial charge in [0, 0.05) is 6.08 Å². The van der Waals surface area contributed by atoms with Crippen LogP contribution in [0.2, 0.25) is 5.02 Å². The SMILES string of the molecule is NC(=CC(=Nc1ccccc1Cl)OCC(=O)Nc1cc(S(N)(=O)=O)ccc1O)C(F)(F)F. The minimum absolute atomic E-state index is 0.0503. The molecule has 0 saturated heterocycles. The van der Waals surface area contributed by atoms with E-state index in [4.69, 9.17) is 27.2 Å². The highest BCUT2D eigenvalue weighted by Gasteiger charge is 2.32. The fraction of sp³-hybridized carbons (Fsp3) is 0.111. The molecule has 2 aromatic carbocycles. The second kappa shape index (κ2) is 9.89. The number of phenolic OH excluding ortho intramolecular Hbond substituents is 1. The number of aromatic hydroxyl groups is 1. The summed E-state index contributed by atoms with van der Waals surface area (Å²) in [6, 6.07) is 8.79. The first-order chi connectivity index (χ1) is 14.8. The van der Waals surface area contributed by atoms with Crippen LogP contribution in [0.25, 0.3) is 0 Å². The van der Waals surface area contributed by atoms with Gasteiger partial charge < -0.3 is 20.9 Å². The van der Waals surface area contributed by atoms with Crippen molar-refractivity contribution in [3.8, 4) is 5.75 Å². The normalized spacial score (nSPS) is 13.0. The number of benzene rings is 2. The summed E-state index contributed by atoms with van der Waals surface area (Å²) in [5.41, 5.74) is 3.18. The summed E-state index contributed by atoms with van der Waals surface area (Å²) in [5, 5.41) is 17.0. The van der Waals surface area contributed by atoms with Gasteiger partial charge in [0.05, 0.1) is 21.3 Å². The first kappa shape index (κ1) is 25.0. The molecule has 0 atom stereocenters. The molecule has 0 fully saturated rings. The van der Waals surface area contributed by atoms with Crippen LogP contribution in [0, 0.1) is 0 Å². The molecule has 14 heteroatoms. The van der Waals surface area contributed by atoms with E-state index in [2.05, 4.69) is 10.3 Å². The molecule has 0 radical (unpaired) electrons. The van der Waals surface area contributed by atoms with Gasteiger partial charge in [-0.05, 0) is 30.3 Å². The van der Waals surface area contributed by atoms with Crippen LogP contribution in [0.15, 0.2) is 64.1 Å². The molecular formula is C18H16ClF3N4O5S. The Bertz CT molecular complexity index is 1180. The van der Waals surface area contributed by atoms with Crippen LogP contribution < -0.4 is 16.2 Å². The zero-order chi connectivity index (χ0) is 24.1. The van der Waals surface area contributed by atoms with Crippen LogP contribution in [0.1, 0.15) is 0 Å². The third kappa shape index (κ3) is 7.14. The summed E-state index contributed by atoms with van der Waals surface area (Å²) in [5.74, 6) is -2.12. The van der Waals surface area contributed by atoms with E-state index in [0.717, 1.165) is 18.2 Å². The first-order valence-corrected chi connectivity index (χ1v) is 10.4. The predicted molar refractivity (Wildman–Crippen MR) is 111 cm³/mol. The first-order valence-electron chi connectivity index (χ1n) is 8.43. The molecule has 0 bridgehead atoms. The van der Waals surface area contributed by atoms with Crippen molar-refractivity contribution in [3.05, 3.63) is 59.3 Å². The van der Waals surface area contributed by atoms with Crippen molar-refractivity contribution in [2.75, 3.05) is 11.9 Å². The van der Waals surface area contributed by atoms with Crippen LogP contribution >= 0.6 is 11.6 Å². The van der Waals surface area contributed by atoms with E-state index < -0.39 is 51.0 Å². The summed E-state index contributed by atoms with van der Waals surface area (Å²) in [6.07, 6.45) is -4.51. The zero-order valence-corrected chi connectivity index (χ0v) is 17.5. The lowest BCUT2D eigenvalue weighted by atomic mass is 10.3. The lowest BCUT2D eigenvalue weighted by Crippen LogP contribution is -2.24. The third-order valence-electron chi connectivity index (χ3n) is 3.61. The van der Waals surface area contributed by atoms with E-state index in [0.29, 0.717) is 6.08 Å². The van der Waals surface area contributed by atoms with E-state index in [9.17, 15) is 31.5 Å². The second-order valence-corrected chi connectivity index (χ2v) is 8.03. The van der Waals surface area contributed by atoms with Crippen LogP contribution in [-0.4, -0.2) is 38.1 Å². The summed E-state index contributed by atoms with van der Waals surface area (Å²) in [4.78, 5) is 15.6. The van der Waals surface area contributed by atoms with Gasteiger partial charge in [-0.25, -0.2) is 18.5 Å². The number of halogens is 4. The number of ether oxygens (including phenoxy) is 1. The van der Waals surface area contributed by atoms with Crippen molar-refractivity contribution in [2.45, 2.75) is 11.1 Å². The molecule has 2 rings (SSSR count). The van der Waals surface area contributed by atoms with Crippen LogP contribution in [-0.2, 0) is 19.6 Å². The fourth-order valence-corrected chi connectivity index (χ4v) is 2.82. The van der Waals surface area contributed by atoms with Gasteiger partial charge in [-0.3, -0.25) is 4.79 Å². The maximum atomic E-state index is 12.8. The smallest absolute Gasteiger partial charge is 0.430 e. The highest BCUT2D eigenvalue weighted by Crippen LogP contribution is 2.27. The maximum Gasteiger partial charge on any atom is 0.430 e. The Morgan fingerprint density at radius 3 is 2.50 bits per heavy atom. The number of nitrogens with zero attached hydrogens (tertiary/aromatic N) is 1. The number of carbonyl (C=O) groups is 1. The van der Waals surface area contributed by atoms with E-state index in [1.165, 1.54) is 18.2 Å². The second-order valence-electron chi connectivity index (χ2n) is 6.06. The molecule has 0 heterocycles. The molecule has 0 aromatic heterocycles. The molecule has 0 aliphatic carbocycles. The number of rotatable bonds is 6. The summed E-state index contributed by atoms with van der Waals surface area (Å²) < 4.78 is 66.2. The Kier molecular flexibility index (Phi) is 7.72. The molecular weight excluding hydrogens is 477 g/mol. The van der Waals surface area contributed by atoms with E-state index in [1.807, 2.05) is 0 Å². The highest BCUT2D eigenvalue weighted by molar-refractivity contribution is 7.89. The van der Waals surface area contributed by atoms with Crippen molar-refractivity contribution in [3.63, 3.8) is 0 Å². The average molecular weight is 493 g/mol. The van der Waals surface area contributed by atoms with Gasteiger partial charge in [-0.1, -0.05) is 23.7 Å². The number of sulfonamides is 1. The number of hydrogen-bond acceptors (Lipinski definition) is 7. The lowest BCUT2D eigenvalue weighted by molar-refractivity contribution is -0.118. The molecule has 6 N–H and O–H groups in total. The topological polar surface area (TPSA) is 157 Å². The number of alkyl halides is 3. The zero-order valence-electron chi connectivity index (χ0n) is 15.9. The number of anilines is 1. The van der Waals surface area contributed by atoms with Crippen LogP contribution in [0.3, 0.4) is 0 Å². The minimum atomic E-state index is -4.88. The molecule has 0 aliphatic heterocycles. The molecule has 32 heavy (non-hydrogen) atoms. The van der Waals surface area contributed by atoms with E-state index >= 15 is 0 Å². The number of amides is 1. The van der Waals surface area contributed by atoms with Gasteiger partial charge in [0.2, 0.25) is 15.9 Å². The van der Waals surface area contributed by atoms with Crippen molar-refractivity contribution in [1.82, 2.24) is 0 Å². The van der Waals surface area contributed by atoms with Crippen LogP contribution in [0.4, 0.5) is 24.5 Å². The Morgan fingerprint density at radius 2 is 1.91 bits per heavy atom. The number of nitrogens with one attached hydrogen (secondary N) is 1. The summed E-state index contributed by atoms with van der Waals surface area (Å²) in [6.45, 7) is -0.871. The number of hydrogen-bond donors (Lipinski definition) is 4. The van der Waals surface area contributed by atoms with Gasteiger partial charge in [0.15, 0.2) is 6.61 Å². The standard InChI is InChI=1S/C18H16ClF3N4O5S/c19-11-3-1-2-4-12(11)26-17(8-15(23)18(20,21)22)31-9-16(28)25-13-7-10(32(24,29)30)5-6-14(13)27/h1-8,27H,9,23H2,(H,25,28)(H2,24,29,30). The number of allylic oxidation sites excluding steroid dienone is 1. The molecule has 2 aromatic rings. The quantitative estimate of drug-likeness (QED) is 0.276. The molecule has 0 aliphatic rings. The van der Waals surface area contributed by atoms with E-state index in [-0.39, 0.29) is 16.4 Å². The fourth-order valence-electron chi connectivity index (χ4n) is 2.10. The largest absolute Gasteiger partial charge is 0.506 e. The third-order valence-corrected chi connectivity index (χ3v) is 4.84. The lowest BCUT2D eigenvalue weighted by Gasteiger charge is -2.11. The van der Waals surface area contributed by atoms with Crippen molar-refractivity contribution < 1.29 is 36.2 Å². The number of nitrogens with two attached hydrogens (primary N) is 2. The Hall–Kier alpha value is -3.29. The van der Waals surface area contributed by atoms with E-state index in [1.54, 1.807) is 6.07 Å². The van der Waals surface area contributed by atoms with Gasteiger partial charge in [0.25, 0.3) is 5.91 Å². The Balaban J connectivity index is 2.25. The van der Waals surface area contributed by atoms with Crippen molar-refractivity contribution in [2.24, 2.45) is 15.9 Å². The van der Waals surface area contributed by atoms with Crippen molar-refractivity contribution >= 4 is 44.8 Å². The van der Waals surface area contributed by atoms with Gasteiger partial charge >= 0.3 is 6.18 Å². The molecule has 0 unspecified atom stereocenters. The maximum absolute atomic E-state index is 12.8. The molecule has 0 spiro atoms. The minimum Gasteiger partial charge on any atom is -0.506 e.